The summed E-state index contributed by atoms with van der Waals surface area (Å²) in [6.07, 6.45) is 2.45. The second kappa shape index (κ2) is 6.76. The number of nitrogens with one attached hydrogen (secondary N) is 1. The summed E-state index contributed by atoms with van der Waals surface area (Å²) in [7, 11) is 2.15. The van der Waals surface area contributed by atoms with Gasteiger partial charge >= 0.3 is 0 Å². The van der Waals surface area contributed by atoms with E-state index >= 15 is 0 Å². The highest BCUT2D eigenvalue weighted by atomic mass is 16.5. The first-order valence-electron chi connectivity index (χ1n) is 6.91. The largest absolute Gasteiger partial charge is 0.385 e. The van der Waals surface area contributed by atoms with E-state index in [0.29, 0.717) is 0 Å². The average molecular weight is 248 g/mol. The number of hydrogen-bond acceptors (Lipinski definition) is 3. The molecule has 1 aliphatic heterocycles. The number of aryl methyl sites for hydroxylation is 1. The first-order chi connectivity index (χ1) is 8.79. The van der Waals surface area contributed by atoms with Crippen LogP contribution in [0.1, 0.15) is 24.5 Å². The van der Waals surface area contributed by atoms with Crippen molar-refractivity contribution in [3.8, 4) is 0 Å². The molecule has 3 nitrogen and oxygen atoms in total. The van der Waals surface area contributed by atoms with E-state index in [0.717, 1.165) is 32.8 Å². The highest BCUT2D eigenvalue weighted by molar-refractivity contribution is 5.54. The summed E-state index contributed by atoms with van der Waals surface area (Å²) >= 11 is 0. The molecule has 0 amide bonds. The number of hydrogen-bond donors (Lipinski definition) is 1. The smallest absolute Gasteiger partial charge is 0.0593 e. The zero-order valence-electron chi connectivity index (χ0n) is 11.5. The highest BCUT2D eigenvalue weighted by Gasteiger charge is 2.09. The van der Waals surface area contributed by atoms with Gasteiger partial charge in [-0.2, -0.15) is 0 Å². The molecule has 1 aliphatic rings. The number of likely N-dealkylation sites (N-methyl/N-ethyl adjacent to an activating group) is 1. The molecular formula is C15H24N2O. The van der Waals surface area contributed by atoms with E-state index in [2.05, 4.69) is 35.5 Å². The molecule has 0 aromatic heterocycles. The lowest BCUT2D eigenvalue weighted by molar-refractivity contribution is 0.120. The predicted octanol–water partition coefficient (Wildman–Crippen LogP) is 2.51. The standard InChI is InChI=1S/C15H24N2O/c1-3-18-10-9-17(2)12-13-6-7-15-14(11-13)5-4-8-16-15/h6-7,11,16H,3-5,8-10,12H2,1-2H3. The number of benzene rings is 1. The summed E-state index contributed by atoms with van der Waals surface area (Å²) in [5, 5.41) is 3.45. The molecule has 1 heterocycles. The van der Waals surface area contributed by atoms with Gasteiger partial charge in [-0.3, -0.25) is 4.90 Å². The Balaban J connectivity index is 1.89. The summed E-state index contributed by atoms with van der Waals surface area (Å²) in [5.74, 6) is 0. The monoisotopic (exact) mass is 248 g/mol. The van der Waals surface area contributed by atoms with E-state index in [1.807, 2.05) is 6.92 Å². The Bertz CT molecular complexity index is 379. The zero-order chi connectivity index (χ0) is 12.8. The Labute approximate surface area is 110 Å². The second-order valence-electron chi connectivity index (χ2n) is 4.96. The van der Waals surface area contributed by atoms with E-state index in [1.54, 1.807) is 0 Å². The van der Waals surface area contributed by atoms with Crippen LogP contribution in [0.4, 0.5) is 5.69 Å². The summed E-state index contributed by atoms with van der Waals surface area (Å²) < 4.78 is 5.38. The Morgan fingerprint density at radius 2 is 2.28 bits per heavy atom. The Morgan fingerprint density at radius 3 is 3.11 bits per heavy atom. The number of anilines is 1. The Hall–Kier alpha value is -1.06. The van der Waals surface area contributed by atoms with Crippen LogP contribution in [0.25, 0.3) is 0 Å². The SMILES string of the molecule is CCOCCN(C)Cc1ccc2c(c1)CCCN2. The lowest BCUT2D eigenvalue weighted by Gasteiger charge is -2.21. The summed E-state index contributed by atoms with van der Waals surface area (Å²) in [5.41, 5.74) is 4.19. The molecule has 0 saturated heterocycles. The summed E-state index contributed by atoms with van der Waals surface area (Å²) in [4.78, 5) is 2.31. The minimum atomic E-state index is 0.804. The molecule has 100 valence electrons. The third kappa shape index (κ3) is 3.72. The van der Waals surface area contributed by atoms with Gasteiger partial charge in [0.2, 0.25) is 0 Å². The molecule has 0 bridgehead atoms. The van der Waals surface area contributed by atoms with Crippen LogP contribution in [0.5, 0.6) is 0 Å². The van der Waals surface area contributed by atoms with Crippen LogP contribution in [-0.2, 0) is 17.7 Å². The topological polar surface area (TPSA) is 24.5 Å². The van der Waals surface area contributed by atoms with Crippen molar-refractivity contribution >= 4 is 5.69 Å². The average Bonchev–Trinajstić information content (AvgIpc) is 2.39. The van der Waals surface area contributed by atoms with Gasteiger partial charge in [-0.25, -0.2) is 0 Å². The van der Waals surface area contributed by atoms with Gasteiger partial charge in [0.05, 0.1) is 6.61 Å². The molecule has 0 aliphatic carbocycles. The van der Waals surface area contributed by atoms with Crippen LogP contribution < -0.4 is 5.32 Å². The van der Waals surface area contributed by atoms with Crippen molar-refractivity contribution in [1.82, 2.24) is 4.90 Å². The first-order valence-corrected chi connectivity index (χ1v) is 6.91. The van der Waals surface area contributed by atoms with Gasteiger partial charge in [-0.05, 0) is 44.0 Å². The predicted molar refractivity (Wildman–Crippen MR) is 76.1 cm³/mol. The normalized spacial score (nSPS) is 14.4. The van der Waals surface area contributed by atoms with Crippen molar-refractivity contribution in [2.24, 2.45) is 0 Å². The summed E-state index contributed by atoms with van der Waals surface area (Å²) in [6, 6.07) is 6.80. The Morgan fingerprint density at radius 1 is 1.39 bits per heavy atom. The minimum Gasteiger partial charge on any atom is -0.385 e. The molecule has 0 spiro atoms. The molecule has 1 N–H and O–H groups in total. The van der Waals surface area contributed by atoms with Crippen LogP contribution in [0.3, 0.4) is 0 Å². The van der Waals surface area contributed by atoms with Gasteiger partial charge in [-0.1, -0.05) is 12.1 Å². The van der Waals surface area contributed by atoms with Gasteiger partial charge in [0.1, 0.15) is 0 Å². The number of nitrogens with zero attached hydrogens (tertiary/aromatic N) is 1. The van der Waals surface area contributed by atoms with Crippen LogP contribution in [0, 0.1) is 0 Å². The van der Waals surface area contributed by atoms with Crippen molar-refractivity contribution in [3.05, 3.63) is 29.3 Å². The molecule has 0 atom stereocenters. The summed E-state index contributed by atoms with van der Waals surface area (Å²) in [6.45, 7) is 6.76. The molecule has 0 unspecified atom stereocenters. The van der Waals surface area contributed by atoms with E-state index in [1.165, 1.54) is 29.7 Å². The fraction of sp³-hybridized carbons (Fsp3) is 0.600. The molecule has 2 rings (SSSR count). The van der Waals surface area contributed by atoms with Crippen molar-refractivity contribution in [2.75, 3.05) is 38.7 Å². The lowest BCUT2D eigenvalue weighted by atomic mass is 10.0. The third-order valence-corrected chi connectivity index (χ3v) is 3.38. The molecule has 3 heteroatoms. The Kier molecular flexibility index (Phi) is 5.02. The maximum absolute atomic E-state index is 5.38. The molecule has 1 aromatic carbocycles. The highest BCUT2D eigenvalue weighted by Crippen LogP contribution is 2.23. The van der Waals surface area contributed by atoms with Crippen LogP contribution >= 0.6 is 0 Å². The molecule has 18 heavy (non-hydrogen) atoms. The van der Waals surface area contributed by atoms with Crippen molar-refractivity contribution in [2.45, 2.75) is 26.3 Å². The zero-order valence-corrected chi connectivity index (χ0v) is 11.5. The fourth-order valence-electron chi connectivity index (χ4n) is 2.38. The van der Waals surface area contributed by atoms with Crippen LogP contribution in [0.2, 0.25) is 0 Å². The van der Waals surface area contributed by atoms with Gasteiger partial charge in [0, 0.05) is 31.9 Å². The second-order valence-corrected chi connectivity index (χ2v) is 4.96. The van der Waals surface area contributed by atoms with E-state index in [4.69, 9.17) is 4.74 Å². The first kappa shape index (κ1) is 13.4. The number of rotatable bonds is 6. The van der Waals surface area contributed by atoms with Crippen LogP contribution in [-0.4, -0.2) is 38.3 Å². The molecule has 0 saturated carbocycles. The van der Waals surface area contributed by atoms with Crippen molar-refractivity contribution < 1.29 is 4.74 Å². The third-order valence-electron chi connectivity index (χ3n) is 3.38. The van der Waals surface area contributed by atoms with Crippen LogP contribution in [0.15, 0.2) is 18.2 Å². The maximum atomic E-state index is 5.38. The maximum Gasteiger partial charge on any atom is 0.0593 e. The van der Waals surface area contributed by atoms with Crippen molar-refractivity contribution in [3.63, 3.8) is 0 Å². The molecular weight excluding hydrogens is 224 g/mol. The molecule has 0 radical (unpaired) electrons. The fourth-order valence-corrected chi connectivity index (χ4v) is 2.38. The number of fused-ring (bicyclic) bond motifs is 1. The van der Waals surface area contributed by atoms with Gasteiger partial charge in [0.15, 0.2) is 0 Å². The van der Waals surface area contributed by atoms with E-state index in [9.17, 15) is 0 Å². The molecule has 1 aromatic rings. The van der Waals surface area contributed by atoms with Gasteiger partial charge in [-0.15, -0.1) is 0 Å². The van der Waals surface area contributed by atoms with Gasteiger partial charge in [0.25, 0.3) is 0 Å². The lowest BCUT2D eigenvalue weighted by Crippen LogP contribution is -2.23. The molecule has 0 fully saturated rings. The van der Waals surface area contributed by atoms with E-state index < -0.39 is 0 Å². The van der Waals surface area contributed by atoms with Crippen molar-refractivity contribution in [1.29, 1.82) is 0 Å². The minimum absolute atomic E-state index is 0.804. The van der Waals surface area contributed by atoms with Gasteiger partial charge < -0.3 is 10.1 Å². The number of ether oxygens (including phenoxy) is 1. The quantitative estimate of drug-likeness (QED) is 0.783. The van der Waals surface area contributed by atoms with E-state index in [-0.39, 0.29) is 0 Å².